The Bertz CT molecular complexity index is 509. The molecule has 0 spiro atoms. The maximum Gasteiger partial charge on any atom is 0.0370 e. The number of rotatable bonds is 4. The molecular formula is C18H27N3. The van der Waals surface area contributed by atoms with E-state index in [-0.39, 0.29) is 0 Å². The van der Waals surface area contributed by atoms with Gasteiger partial charge in [-0.05, 0) is 62.4 Å². The minimum absolute atomic E-state index is 0.791. The van der Waals surface area contributed by atoms with Gasteiger partial charge in [0.1, 0.15) is 0 Å². The lowest BCUT2D eigenvalue weighted by Gasteiger charge is -2.39. The fourth-order valence-electron chi connectivity index (χ4n) is 3.84. The van der Waals surface area contributed by atoms with Crippen LogP contribution in [0, 0.1) is 6.92 Å². The van der Waals surface area contributed by atoms with Crippen molar-refractivity contribution in [2.45, 2.75) is 51.2 Å². The molecule has 21 heavy (non-hydrogen) atoms. The second-order valence-corrected chi connectivity index (χ2v) is 7.04. The molecule has 3 heteroatoms. The van der Waals surface area contributed by atoms with Crippen molar-refractivity contribution < 1.29 is 0 Å². The first kappa shape index (κ1) is 13.6. The van der Waals surface area contributed by atoms with Crippen molar-refractivity contribution in [1.82, 2.24) is 10.2 Å². The Morgan fingerprint density at radius 3 is 2.86 bits per heavy atom. The van der Waals surface area contributed by atoms with Crippen molar-refractivity contribution in [3.05, 3.63) is 29.3 Å². The summed E-state index contributed by atoms with van der Waals surface area (Å²) < 4.78 is 0. The highest BCUT2D eigenvalue weighted by Gasteiger charge is 2.30. The van der Waals surface area contributed by atoms with Crippen LogP contribution in [0.5, 0.6) is 0 Å². The first-order chi connectivity index (χ1) is 10.3. The van der Waals surface area contributed by atoms with Crippen LogP contribution in [0.15, 0.2) is 18.2 Å². The normalized spacial score (nSPS) is 26.1. The van der Waals surface area contributed by atoms with Crippen LogP contribution in [0.4, 0.5) is 5.69 Å². The number of hydrogen-bond acceptors (Lipinski definition) is 3. The summed E-state index contributed by atoms with van der Waals surface area (Å²) in [6, 6.07) is 8.66. The van der Waals surface area contributed by atoms with Crippen LogP contribution in [0.3, 0.4) is 0 Å². The third-order valence-corrected chi connectivity index (χ3v) is 5.44. The van der Waals surface area contributed by atoms with Crippen LogP contribution in [0.1, 0.15) is 36.8 Å². The minimum Gasteiger partial charge on any atom is -0.369 e. The second kappa shape index (κ2) is 5.62. The van der Waals surface area contributed by atoms with Gasteiger partial charge in [-0.2, -0.15) is 0 Å². The number of hydrogen-bond donors (Lipinski definition) is 1. The van der Waals surface area contributed by atoms with E-state index in [9.17, 15) is 0 Å². The molecule has 0 aromatic heterocycles. The number of nitrogens with zero attached hydrogens (tertiary/aromatic N) is 2. The van der Waals surface area contributed by atoms with Crippen LogP contribution < -0.4 is 10.2 Å². The van der Waals surface area contributed by atoms with Gasteiger partial charge in [-0.3, -0.25) is 4.90 Å². The average molecular weight is 285 g/mol. The van der Waals surface area contributed by atoms with E-state index < -0.39 is 0 Å². The van der Waals surface area contributed by atoms with Crippen LogP contribution in [-0.2, 0) is 6.54 Å². The van der Waals surface area contributed by atoms with Gasteiger partial charge in [0.05, 0.1) is 0 Å². The molecule has 1 aromatic carbocycles. The van der Waals surface area contributed by atoms with E-state index in [1.807, 2.05) is 0 Å². The first-order valence-corrected chi connectivity index (χ1v) is 8.61. The Labute approximate surface area is 128 Å². The summed E-state index contributed by atoms with van der Waals surface area (Å²) in [5.41, 5.74) is 4.33. The standard InChI is InChI=1S/C18H27N3/c1-14-11-17(7-4-15(14)12-19-16-5-6-16)21-10-9-20-8-2-3-18(20)13-21/h4,7,11,16,18-19H,2-3,5-6,8-10,12-13H2,1H3. The summed E-state index contributed by atoms with van der Waals surface area (Å²) in [7, 11) is 0. The van der Waals surface area contributed by atoms with E-state index in [2.05, 4.69) is 40.2 Å². The van der Waals surface area contributed by atoms with Gasteiger partial charge < -0.3 is 10.2 Å². The number of aryl methyl sites for hydroxylation is 1. The molecule has 0 radical (unpaired) electrons. The van der Waals surface area contributed by atoms with E-state index in [0.29, 0.717) is 0 Å². The van der Waals surface area contributed by atoms with E-state index >= 15 is 0 Å². The Hall–Kier alpha value is -1.06. The van der Waals surface area contributed by atoms with Gasteiger partial charge in [0.25, 0.3) is 0 Å². The predicted octanol–water partition coefficient (Wildman–Crippen LogP) is 2.53. The summed E-state index contributed by atoms with van der Waals surface area (Å²) >= 11 is 0. The highest BCUT2D eigenvalue weighted by Crippen LogP contribution is 2.27. The largest absolute Gasteiger partial charge is 0.369 e. The minimum atomic E-state index is 0.791. The molecular weight excluding hydrogens is 258 g/mol. The monoisotopic (exact) mass is 285 g/mol. The van der Waals surface area contributed by atoms with Crippen molar-refractivity contribution in [3.8, 4) is 0 Å². The molecule has 4 rings (SSSR count). The molecule has 0 bridgehead atoms. The lowest BCUT2D eigenvalue weighted by Crippen LogP contribution is -2.50. The van der Waals surface area contributed by atoms with Gasteiger partial charge in [0, 0.05) is 44.0 Å². The number of nitrogens with one attached hydrogen (secondary N) is 1. The topological polar surface area (TPSA) is 18.5 Å². The molecule has 1 saturated carbocycles. The predicted molar refractivity (Wildman–Crippen MR) is 87.8 cm³/mol. The SMILES string of the molecule is Cc1cc(N2CCN3CCCC3C2)ccc1CNC1CC1. The molecule has 2 aliphatic heterocycles. The molecule has 3 aliphatic rings. The molecule has 0 amide bonds. The number of piperazine rings is 1. The van der Waals surface area contributed by atoms with Gasteiger partial charge in [-0.1, -0.05) is 6.07 Å². The summed E-state index contributed by atoms with van der Waals surface area (Å²) in [4.78, 5) is 5.27. The maximum atomic E-state index is 3.62. The smallest absolute Gasteiger partial charge is 0.0370 e. The Balaban J connectivity index is 1.43. The highest BCUT2D eigenvalue weighted by molar-refractivity contribution is 5.51. The third kappa shape index (κ3) is 2.95. The zero-order valence-electron chi connectivity index (χ0n) is 13.1. The van der Waals surface area contributed by atoms with E-state index in [4.69, 9.17) is 0 Å². The fourth-order valence-corrected chi connectivity index (χ4v) is 3.84. The quantitative estimate of drug-likeness (QED) is 0.917. The molecule has 1 atom stereocenters. The van der Waals surface area contributed by atoms with Crippen molar-refractivity contribution >= 4 is 5.69 Å². The molecule has 3 fully saturated rings. The first-order valence-electron chi connectivity index (χ1n) is 8.61. The van der Waals surface area contributed by atoms with Crippen LogP contribution in [-0.4, -0.2) is 43.2 Å². The zero-order valence-corrected chi connectivity index (χ0v) is 13.1. The van der Waals surface area contributed by atoms with Crippen LogP contribution in [0.25, 0.3) is 0 Å². The number of anilines is 1. The number of fused-ring (bicyclic) bond motifs is 1. The van der Waals surface area contributed by atoms with E-state index in [0.717, 1.165) is 18.6 Å². The Morgan fingerprint density at radius 1 is 1.14 bits per heavy atom. The molecule has 1 unspecified atom stereocenters. The molecule has 3 nitrogen and oxygen atoms in total. The van der Waals surface area contributed by atoms with Crippen LogP contribution in [0.2, 0.25) is 0 Å². The maximum absolute atomic E-state index is 3.62. The summed E-state index contributed by atoms with van der Waals surface area (Å²) in [6.45, 7) is 8.28. The number of benzene rings is 1. The van der Waals surface area contributed by atoms with Gasteiger partial charge in [-0.15, -0.1) is 0 Å². The fraction of sp³-hybridized carbons (Fsp3) is 0.667. The Kier molecular flexibility index (Phi) is 3.64. The molecule has 2 heterocycles. The zero-order chi connectivity index (χ0) is 14.2. The molecule has 1 aliphatic carbocycles. The second-order valence-electron chi connectivity index (χ2n) is 7.04. The lowest BCUT2D eigenvalue weighted by molar-refractivity contribution is 0.231. The van der Waals surface area contributed by atoms with Crippen molar-refractivity contribution in [3.63, 3.8) is 0 Å². The van der Waals surface area contributed by atoms with E-state index in [1.54, 1.807) is 0 Å². The summed E-state index contributed by atoms with van der Waals surface area (Å²) in [5, 5.41) is 3.62. The molecule has 2 saturated heterocycles. The summed E-state index contributed by atoms with van der Waals surface area (Å²) in [5.74, 6) is 0. The third-order valence-electron chi connectivity index (χ3n) is 5.44. The Morgan fingerprint density at radius 2 is 2.05 bits per heavy atom. The lowest BCUT2D eigenvalue weighted by atomic mass is 10.1. The molecule has 1 N–H and O–H groups in total. The van der Waals surface area contributed by atoms with Crippen molar-refractivity contribution in [1.29, 1.82) is 0 Å². The van der Waals surface area contributed by atoms with Crippen LogP contribution >= 0.6 is 0 Å². The van der Waals surface area contributed by atoms with E-state index in [1.165, 1.54) is 68.7 Å². The summed E-state index contributed by atoms with van der Waals surface area (Å²) in [6.07, 6.45) is 5.51. The van der Waals surface area contributed by atoms with Gasteiger partial charge in [0.2, 0.25) is 0 Å². The van der Waals surface area contributed by atoms with Gasteiger partial charge in [-0.25, -0.2) is 0 Å². The van der Waals surface area contributed by atoms with Gasteiger partial charge in [0.15, 0.2) is 0 Å². The molecule has 1 aromatic rings. The van der Waals surface area contributed by atoms with Crippen molar-refractivity contribution in [2.24, 2.45) is 0 Å². The van der Waals surface area contributed by atoms with Crippen molar-refractivity contribution in [2.75, 3.05) is 31.1 Å². The molecule has 114 valence electrons. The average Bonchev–Trinajstić information content (AvgIpc) is 3.21. The highest BCUT2D eigenvalue weighted by atomic mass is 15.3. The van der Waals surface area contributed by atoms with Gasteiger partial charge >= 0.3 is 0 Å².